The van der Waals surface area contributed by atoms with E-state index in [0.29, 0.717) is 17.7 Å². The zero-order valence-electron chi connectivity index (χ0n) is 19.3. The van der Waals surface area contributed by atoms with Crippen LogP contribution in [0.1, 0.15) is 30.0 Å². The van der Waals surface area contributed by atoms with E-state index in [0.717, 1.165) is 24.0 Å². The predicted octanol–water partition coefficient (Wildman–Crippen LogP) is 9.57. The minimum atomic E-state index is -2.10. The van der Waals surface area contributed by atoms with E-state index in [1.54, 1.807) is 6.07 Å². The first-order chi connectivity index (χ1) is 17.6. The van der Waals surface area contributed by atoms with Crippen molar-refractivity contribution in [2.75, 3.05) is 0 Å². The lowest BCUT2D eigenvalue weighted by molar-refractivity contribution is 0.446. The van der Waals surface area contributed by atoms with Gasteiger partial charge in [-0.05, 0) is 59.0 Å². The van der Waals surface area contributed by atoms with E-state index in [4.69, 9.17) is 0 Å². The zero-order valence-corrected chi connectivity index (χ0v) is 19.3. The van der Waals surface area contributed by atoms with Crippen LogP contribution in [-0.2, 0) is 6.42 Å². The van der Waals surface area contributed by atoms with Crippen LogP contribution in [-0.4, -0.2) is 0 Å². The Morgan fingerprint density at radius 1 is 0.568 bits per heavy atom. The van der Waals surface area contributed by atoms with E-state index in [1.807, 2.05) is 24.3 Å². The van der Waals surface area contributed by atoms with Gasteiger partial charge in [-0.15, -0.1) is 0 Å². The fourth-order valence-corrected chi connectivity index (χ4v) is 3.94. The molecular formula is C29H18F8. The monoisotopic (exact) mass is 518 g/mol. The number of benzene rings is 4. The largest absolute Gasteiger partial charge is 0.206 e. The average Bonchev–Trinajstić information content (AvgIpc) is 2.86. The van der Waals surface area contributed by atoms with E-state index in [2.05, 4.69) is 6.92 Å². The molecule has 37 heavy (non-hydrogen) atoms. The summed E-state index contributed by atoms with van der Waals surface area (Å²) in [4.78, 5) is 0. The molecule has 4 rings (SSSR count). The topological polar surface area (TPSA) is 0 Å². The van der Waals surface area contributed by atoms with Gasteiger partial charge >= 0.3 is 0 Å². The summed E-state index contributed by atoms with van der Waals surface area (Å²) >= 11 is 0. The zero-order chi connectivity index (χ0) is 26.9. The number of halogens is 8. The van der Waals surface area contributed by atoms with Crippen LogP contribution >= 0.6 is 0 Å². The minimum Gasteiger partial charge on any atom is -0.206 e. The Hall–Kier alpha value is -3.94. The fraction of sp³-hybridized carbons (Fsp3) is 0.103. The van der Waals surface area contributed by atoms with Crippen molar-refractivity contribution in [2.45, 2.75) is 19.8 Å². The van der Waals surface area contributed by atoms with Crippen molar-refractivity contribution in [1.82, 2.24) is 0 Å². The molecule has 0 aliphatic carbocycles. The minimum absolute atomic E-state index is 0.145. The summed E-state index contributed by atoms with van der Waals surface area (Å²) in [5, 5.41) is 0. The summed E-state index contributed by atoms with van der Waals surface area (Å²) in [6.45, 7) is 2.05. The molecule has 4 aromatic rings. The van der Waals surface area contributed by atoms with Gasteiger partial charge in [-0.25, -0.2) is 35.1 Å². The van der Waals surface area contributed by atoms with Gasteiger partial charge in [-0.3, -0.25) is 0 Å². The third-order valence-corrected chi connectivity index (χ3v) is 5.80. The van der Waals surface area contributed by atoms with Gasteiger partial charge in [-0.1, -0.05) is 49.7 Å². The molecule has 0 bridgehead atoms. The number of hydrogen-bond acceptors (Lipinski definition) is 0. The van der Waals surface area contributed by atoms with E-state index in [-0.39, 0.29) is 23.3 Å². The molecule has 0 atom stereocenters. The second-order valence-electron chi connectivity index (χ2n) is 8.34. The van der Waals surface area contributed by atoms with Gasteiger partial charge < -0.3 is 0 Å². The molecule has 0 spiro atoms. The van der Waals surface area contributed by atoms with Gasteiger partial charge in [0, 0.05) is 11.1 Å². The first-order valence-corrected chi connectivity index (χ1v) is 11.2. The summed E-state index contributed by atoms with van der Waals surface area (Å²) in [6, 6.07) is 13.0. The molecule has 0 saturated carbocycles. The summed E-state index contributed by atoms with van der Waals surface area (Å²) < 4.78 is 113. The second-order valence-corrected chi connectivity index (χ2v) is 8.34. The summed E-state index contributed by atoms with van der Waals surface area (Å²) in [5.41, 5.74) is -0.652. The fourth-order valence-electron chi connectivity index (χ4n) is 3.94. The summed E-state index contributed by atoms with van der Waals surface area (Å²) in [5.74, 6) is -13.6. The average molecular weight is 518 g/mol. The van der Waals surface area contributed by atoms with Gasteiger partial charge in [0.05, 0.1) is 5.56 Å². The van der Waals surface area contributed by atoms with Gasteiger partial charge in [0.1, 0.15) is 17.5 Å². The van der Waals surface area contributed by atoms with Crippen molar-refractivity contribution in [3.63, 3.8) is 0 Å². The molecule has 0 radical (unpaired) electrons. The van der Waals surface area contributed by atoms with Gasteiger partial charge in [-0.2, -0.15) is 0 Å². The van der Waals surface area contributed by atoms with Gasteiger partial charge in [0.15, 0.2) is 29.1 Å². The summed E-state index contributed by atoms with van der Waals surface area (Å²) in [7, 11) is 0. The molecule has 0 N–H and O–H groups in total. The van der Waals surface area contributed by atoms with E-state index in [9.17, 15) is 35.1 Å². The molecule has 190 valence electrons. The van der Waals surface area contributed by atoms with Gasteiger partial charge in [0.2, 0.25) is 0 Å². The highest BCUT2D eigenvalue weighted by Gasteiger charge is 2.23. The quantitative estimate of drug-likeness (QED) is 0.135. The molecule has 0 aliphatic heterocycles. The van der Waals surface area contributed by atoms with Crippen LogP contribution in [0.3, 0.4) is 0 Å². The van der Waals surface area contributed by atoms with E-state index < -0.39 is 57.7 Å². The predicted molar refractivity (Wildman–Crippen MR) is 127 cm³/mol. The molecule has 0 amide bonds. The van der Waals surface area contributed by atoms with E-state index in [1.165, 1.54) is 12.1 Å². The third-order valence-electron chi connectivity index (χ3n) is 5.80. The van der Waals surface area contributed by atoms with Crippen LogP contribution in [0.5, 0.6) is 0 Å². The molecule has 0 aliphatic rings. The highest BCUT2D eigenvalue weighted by Crippen LogP contribution is 2.36. The highest BCUT2D eigenvalue weighted by atomic mass is 19.2. The van der Waals surface area contributed by atoms with Crippen molar-refractivity contribution < 1.29 is 35.1 Å². The first kappa shape index (κ1) is 26.1. The molecule has 4 aromatic carbocycles. The number of rotatable bonds is 6. The van der Waals surface area contributed by atoms with Gasteiger partial charge in [0.25, 0.3) is 0 Å². The van der Waals surface area contributed by atoms with Crippen LogP contribution in [0, 0.1) is 34.9 Å². The number of hydrogen-bond donors (Lipinski definition) is 0. The Bertz CT molecular complexity index is 1460. The Labute approximate surface area is 207 Å². The van der Waals surface area contributed by atoms with Crippen LogP contribution in [0.4, 0.5) is 35.1 Å². The lowest BCUT2D eigenvalue weighted by Crippen LogP contribution is -1.98. The molecule has 0 heterocycles. The van der Waals surface area contributed by atoms with Crippen LogP contribution in [0.2, 0.25) is 0 Å². The Kier molecular flexibility index (Phi) is 7.47. The third kappa shape index (κ3) is 5.28. The highest BCUT2D eigenvalue weighted by molar-refractivity contribution is 5.84. The molecule has 0 nitrogen and oxygen atoms in total. The summed E-state index contributed by atoms with van der Waals surface area (Å²) in [6.07, 6.45) is 1.88. The smallest absolute Gasteiger partial charge is 0.194 e. The van der Waals surface area contributed by atoms with Crippen LogP contribution < -0.4 is 0 Å². The molecule has 0 fully saturated rings. The SMILES string of the molecule is CCCc1ccc(-c2ccc(-c3cc(F)c(/C(F)=C(\F)c4cc(F)c(F)c(F)c4)c(F)c3)c(F)c2)cc1. The molecule has 0 aromatic heterocycles. The van der Waals surface area contributed by atoms with E-state index >= 15 is 0 Å². The Morgan fingerprint density at radius 2 is 1.11 bits per heavy atom. The molecular weight excluding hydrogens is 500 g/mol. The van der Waals surface area contributed by atoms with Crippen molar-refractivity contribution in [3.05, 3.63) is 118 Å². The Balaban J connectivity index is 1.69. The second kappa shape index (κ2) is 10.6. The van der Waals surface area contributed by atoms with Crippen LogP contribution in [0.25, 0.3) is 33.9 Å². The standard InChI is InChI=1S/C29H18F8/c1-2-3-15-4-6-16(7-5-15)17-8-9-20(21(30)10-17)18-11-22(31)26(23(32)12-18)29(37)27(35)19-13-24(33)28(36)25(34)14-19/h4-14H,2-3H2,1H3/b29-27+. The van der Waals surface area contributed by atoms with Crippen LogP contribution in [0.15, 0.2) is 66.7 Å². The maximum atomic E-state index is 14.9. The normalized spacial score (nSPS) is 12.0. The first-order valence-electron chi connectivity index (χ1n) is 11.2. The van der Waals surface area contributed by atoms with Crippen molar-refractivity contribution in [3.8, 4) is 22.3 Å². The molecule has 8 heteroatoms. The maximum Gasteiger partial charge on any atom is 0.194 e. The lowest BCUT2D eigenvalue weighted by atomic mass is 9.97. The maximum absolute atomic E-state index is 14.9. The van der Waals surface area contributed by atoms with Crippen molar-refractivity contribution in [1.29, 1.82) is 0 Å². The van der Waals surface area contributed by atoms with Crippen molar-refractivity contribution in [2.24, 2.45) is 0 Å². The lowest BCUT2D eigenvalue weighted by Gasteiger charge is -2.11. The molecule has 0 saturated heterocycles. The van der Waals surface area contributed by atoms with Crippen molar-refractivity contribution >= 4 is 11.7 Å². The Morgan fingerprint density at radius 3 is 1.65 bits per heavy atom. The molecule has 0 unspecified atom stereocenters. The number of aryl methyl sites for hydroxylation is 1.